The van der Waals surface area contributed by atoms with E-state index in [1.165, 1.54) is 11.1 Å². The Morgan fingerprint density at radius 2 is 2.11 bits per heavy atom. The van der Waals surface area contributed by atoms with Crippen LogP contribution in [0.4, 0.5) is 0 Å². The second-order valence-corrected chi connectivity index (χ2v) is 5.49. The summed E-state index contributed by atoms with van der Waals surface area (Å²) in [4.78, 5) is 8.72. The first-order chi connectivity index (χ1) is 9.19. The van der Waals surface area contributed by atoms with Crippen molar-refractivity contribution in [1.82, 2.24) is 15.3 Å². The van der Waals surface area contributed by atoms with E-state index in [2.05, 4.69) is 57.2 Å². The molecule has 4 heteroatoms. The molecular weight excluding hydrogens is 302 g/mol. The minimum atomic E-state index is 0.256. The van der Waals surface area contributed by atoms with E-state index < -0.39 is 0 Å². The third-order valence-electron chi connectivity index (χ3n) is 2.95. The number of aromatic nitrogens is 2. The Labute approximate surface area is 122 Å². The van der Waals surface area contributed by atoms with Crippen LogP contribution >= 0.6 is 15.9 Å². The van der Waals surface area contributed by atoms with Crippen LogP contribution in [-0.2, 0) is 6.42 Å². The number of rotatable bonds is 5. The summed E-state index contributed by atoms with van der Waals surface area (Å²) in [6.45, 7) is 5.11. The summed E-state index contributed by atoms with van der Waals surface area (Å²) in [6.07, 6.45) is 6.52. The van der Waals surface area contributed by atoms with Crippen LogP contribution in [0.25, 0.3) is 0 Å². The predicted octanol–water partition coefficient (Wildman–Crippen LogP) is 3.44. The summed E-state index contributed by atoms with van der Waals surface area (Å²) in [6, 6.07) is 6.52. The highest BCUT2D eigenvalue weighted by molar-refractivity contribution is 9.10. The lowest BCUT2D eigenvalue weighted by Gasteiger charge is -2.18. The highest BCUT2D eigenvalue weighted by Gasteiger charge is 2.12. The highest BCUT2D eigenvalue weighted by atomic mass is 79.9. The summed E-state index contributed by atoms with van der Waals surface area (Å²) < 4.78 is 1.01. The van der Waals surface area contributed by atoms with Gasteiger partial charge in [-0.1, -0.05) is 13.0 Å². The largest absolute Gasteiger partial charge is 0.310 e. The first-order valence-electron chi connectivity index (χ1n) is 6.44. The lowest BCUT2D eigenvalue weighted by molar-refractivity contribution is 0.542. The predicted molar refractivity (Wildman–Crippen MR) is 81.0 cm³/mol. The summed E-state index contributed by atoms with van der Waals surface area (Å²) in [7, 11) is 0. The molecule has 0 spiro atoms. The average molecular weight is 320 g/mol. The maximum atomic E-state index is 4.44. The van der Waals surface area contributed by atoms with E-state index in [1.807, 2.05) is 24.7 Å². The van der Waals surface area contributed by atoms with Crippen molar-refractivity contribution < 1.29 is 0 Å². The topological polar surface area (TPSA) is 37.8 Å². The van der Waals surface area contributed by atoms with Crippen molar-refractivity contribution in [1.29, 1.82) is 0 Å². The van der Waals surface area contributed by atoms with Gasteiger partial charge in [-0.05, 0) is 52.7 Å². The summed E-state index contributed by atoms with van der Waals surface area (Å²) in [5, 5.41) is 3.50. The monoisotopic (exact) mass is 319 g/mol. The number of hydrogen-bond donors (Lipinski definition) is 1. The summed E-state index contributed by atoms with van der Waals surface area (Å²) in [5.74, 6) is 0. The van der Waals surface area contributed by atoms with Crippen molar-refractivity contribution in [3.63, 3.8) is 0 Å². The molecule has 1 unspecified atom stereocenters. The number of nitrogens with one attached hydrogen (secondary N) is 1. The fraction of sp³-hybridized carbons (Fsp3) is 0.333. The second-order valence-electron chi connectivity index (χ2n) is 4.58. The lowest BCUT2D eigenvalue weighted by Crippen LogP contribution is -2.23. The van der Waals surface area contributed by atoms with Gasteiger partial charge in [0.15, 0.2) is 0 Å². The van der Waals surface area contributed by atoms with Gasteiger partial charge in [0.1, 0.15) is 0 Å². The van der Waals surface area contributed by atoms with Crippen LogP contribution in [0.3, 0.4) is 0 Å². The number of likely N-dealkylation sites (N-methyl/N-ethyl adjacent to an activating group) is 1. The van der Waals surface area contributed by atoms with Crippen molar-refractivity contribution in [2.45, 2.75) is 26.3 Å². The van der Waals surface area contributed by atoms with Gasteiger partial charge in [0, 0.05) is 41.2 Å². The fourth-order valence-electron chi connectivity index (χ4n) is 2.06. The van der Waals surface area contributed by atoms with Gasteiger partial charge in [0.05, 0.1) is 0 Å². The Morgan fingerprint density at radius 1 is 1.26 bits per heavy atom. The van der Waals surface area contributed by atoms with Crippen molar-refractivity contribution in [2.24, 2.45) is 0 Å². The Bertz CT molecular complexity index is 525. The van der Waals surface area contributed by atoms with Gasteiger partial charge < -0.3 is 5.32 Å². The molecule has 0 bridgehead atoms. The van der Waals surface area contributed by atoms with Crippen molar-refractivity contribution in [3.8, 4) is 0 Å². The van der Waals surface area contributed by atoms with Crippen LogP contribution in [0.1, 0.15) is 29.8 Å². The summed E-state index contributed by atoms with van der Waals surface area (Å²) >= 11 is 3.41. The second kappa shape index (κ2) is 6.78. The molecule has 2 heterocycles. The van der Waals surface area contributed by atoms with E-state index in [0.29, 0.717) is 0 Å². The molecule has 0 saturated heterocycles. The van der Waals surface area contributed by atoms with E-state index in [-0.39, 0.29) is 6.04 Å². The molecule has 0 fully saturated rings. The molecule has 0 amide bonds. The molecule has 0 radical (unpaired) electrons. The first kappa shape index (κ1) is 14.2. The van der Waals surface area contributed by atoms with Crippen molar-refractivity contribution in [2.75, 3.05) is 6.54 Å². The molecule has 1 atom stereocenters. The van der Waals surface area contributed by atoms with E-state index in [0.717, 1.165) is 23.1 Å². The van der Waals surface area contributed by atoms with Gasteiger partial charge in [-0.3, -0.25) is 9.97 Å². The Balaban J connectivity index is 2.18. The van der Waals surface area contributed by atoms with Crippen LogP contribution in [0.2, 0.25) is 0 Å². The number of pyridine rings is 2. The smallest absolute Gasteiger partial charge is 0.0423 e. The minimum absolute atomic E-state index is 0.256. The number of hydrogen-bond acceptors (Lipinski definition) is 3. The van der Waals surface area contributed by atoms with Crippen LogP contribution in [0.5, 0.6) is 0 Å². The van der Waals surface area contributed by atoms with Gasteiger partial charge in [0.25, 0.3) is 0 Å². The molecular formula is C15H18BrN3. The minimum Gasteiger partial charge on any atom is -0.310 e. The Morgan fingerprint density at radius 3 is 2.74 bits per heavy atom. The molecule has 100 valence electrons. The van der Waals surface area contributed by atoms with E-state index in [4.69, 9.17) is 0 Å². The van der Waals surface area contributed by atoms with Gasteiger partial charge >= 0.3 is 0 Å². The van der Waals surface area contributed by atoms with Crippen LogP contribution in [0.15, 0.2) is 41.3 Å². The maximum absolute atomic E-state index is 4.44. The zero-order valence-corrected chi connectivity index (χ0v) is 12.8. The molecule has 2 rings (SSSR count). The molecule has 2 aromatic heterocycles. The zero-order valence-electron chi connectivity index (χ0n) is 11.2. The number of halogens is 1. The molecule has 0 aromatic carbocycles. The SMILES string of the molecule is CCNC(Cc1ccc(Br)cn1)c1cncc(C)c1. The third-order valence-corrected chi connectivity index (χ3v) is 3.42. The normalized spacial score (nSPS) is 12.4. The summed E-state index contributed by atoms with van der Waals surface area (Å²) in [5.41, 5.74) is 3.48. The molecule has 0 saturated carbocycles. The zero-order chi connectivity index (χ0) is 13.7. The van der Waals surface area contributed by atoms with Crippen molar-refractivity contribution in [3.05, 3.63) is 58.1 Å². The van der Waals surface area contributed by atoms with Gasteiger partial charge in [-0.2, -0.15) is 0 Å². The van der Waals surface area contributed by atoms with Gasteiger partial charge in [-0.25, -0.2) is 0 Å². The molecule has 0 aliphatic rings. The van der Waals surface area contributed by atoms with E-state index in [9.17, 15) is 0 Å². The van der Waals surface area contributed by atoms with Crippen LogP contribution in [-0.4, -0.2) is 16.5 Å². The molecule has 2 aromatic rings. The number of nitrogens with zero attached hydrogens (tertiary/aromatic N) is 2. The average Bonchev–Trinajstić information content (AvgIpc) is 2.41. The Kier molecular flexibility index (Phi) is 5.05. The molecule has 1 N–H and O–H groups in total. The standard InChI is InChI=1S/C15H18BrN3/c1-3-18-15(12-6-11(2)8-17-9-12)7-14-5-4-13(16)10-19-14/h4-6,8-10,15,18H,3,7H2,1-2H3. The lowest BCUT2D eigenvalue weighted by atomic mass is 10.0. The Hall–Kier alpha value is -1.26. The molecule has 3 nitrogen and oxygen atoms in total. The van der Waals surface area contributed by atoms with Crippen LogP contribution in [0, 0.1) is 6.92 Å². The maximum Gasteiger partial charge on any atom is 0.0423 e. The number of aryl methyl sites for hydroxylation is 1. The fourth-order valence-corrected chi connectivity index (χ4v) is 2.29. The van der Waals surface area contributed by atoms with Gasteiger partial charge in [0.2, 0.25) is 0 Å². The van der Waals surface area contributed by atoms with Gasteiger partial charge in [-0.15, -0.1) is 0 Å². The molecule has 0 aliphatic heterocycles. The third kappa shape index (κ3) is 4.11. The first-order valence-corrected chi connectivity index (χ1v) is 7.23. The highest BCUT2D eigenvalue weighted by Crippen LogP contribution is 2.18. The van der Waals surface area contributed by atoms with E-state index >= 15 is 0 Å². The van der Waals surface area contributed by atoms with Crippen LogP contribution < -0.4 is 5.32 Å². The molecule has 0 aliphatic carbocycles. The van der Waals surface area contributed by atoms with E-state index in [1.54, 1.807) is 0 Å². The quantitative estimate of drug-likeness (QED) is 0.917. The molecule has 19 heavy (non-hydrogen) atoms. The van der Waals surface area contributed by atoms with Crippen molar-refractivity contribution >= 4 is 15.9 Å².